The molecule has 2 aliphatic rings. The Labute approximate surface area is 97.5 Å². The fourth-order valence-electron chi connectivity index (χ4n) is 3.93. The summed E-state index contributed by atoms with van der Waals surface area (Å²) in [4.78, 5) is 0. The standard InChI is InChI=1S/C15H20O/c1-10-7-11(2)14(16)13(8-10)15-5-3-12(9-15)4-6-15/h7-8,12,16H,3-6,9H2,1-2H3. The van der Waals surface area contributed by atoms with Gasteiger partial charge in [-0.15, -0.1) is 0 Å². The third-order valence-corrected chi connectivity index (χ3v) is 4.76. The van der Waals surface area contributed by atoms with Crippen molar-refractivity contribution in [3.05, 3.63) is 28.8 Å². The van der Waals surface area contributed by atoms with Crippen molar-refractivity contribution in [2.75, 3.05) is 0 Å². The van der Waals surface area contributed by atoms with Crippen LogP contribution in [0.15, 0.2) is 12.1 Å². The molecular weight excluding hydrogens is 196 g/mol. The first kappa shape index (κ1) is 10.2. The summed E-state index contributed by atoms with van der Waals surface area (Å²) in [6.07, 6.45) is 6.62. The van der Waals surface area contributed by atoms with Crippen molar-refractivity contribution in [1.82, 2.24) is 0 Å². The summed E-state index contributed by atoms with van der Waals surface area (Å²) in [5.74, 6) is 1.49. The Morgan fingerprint density at radius 3 is 2.44 bits per heavy atom. The van der Waals surface area contributed by atoms with Gasteiger partial charge in [0, 0.05) is 5.56 Å². The second-order valence-corrected chi connectivity index (χ2v) is 5.91. The SMILES string of the molecule is Cc1cc(C)c(O)c(C23CCC(CC2)C3)c1. The molecule has 86 valence electrons. The van der Waals surface area contributed by atoms with E-state index in [0.29, 0.717) is 11.2 Å². The van der Waals surface area contributed by atoms with Crippen molar-refractivity contribution >= 4 is 0 Å². The van der Waals surface area contributed by atoms with Crippen molar-refractivity contribution in [3.63, 3.8) is 0 Å². The summed E-state index contributed by atoms with van der Waals surface area (Å²) in [5.41, 5.74) is 3.89. The minimum absolute atomic E-state index is 0.325. The molecule has 1 N–H and O–H groups in total. The third-order valence-electron chi connectivity index (χ3n) is 4.76. The topological polar surface area (TPSA) is 20.2 Å². The molecule has 0 heterocycles. The molecule has 0 saturated heterocycles. The van der Waals surface area contributed by atoms with E-state index in [1.807, 2.05) is 6.92 Å². The highest BCUT2D eigenvalue weighted by atomic mass is 16.3. The van der Waals surface area contributed by atoms with Crippen LogP contribution in [0, 0.1) is 19.8 Å². The van der Waals surface area contributed by atoms with Gasteiger partial charge < -0.3 is 5.11 Å². The summed E-state index contributed by atoms with van der Waals surface area (Å²) < 4.78 is 0. The van der Waals surface area contributed by atoms with Gasteiger partial charge in [-0.25, -0.2) is 0 Å². The second-order valence-electron chi connectivity index (χ2n) is 5.91. The molecule has 2 aliphatic carbocycles. The van der Waals surface area contributed by atoms with E-state index in [9.17, 15) is 5.11 Å². The van der Waals surface area contributed by atoms with Crippen molar-refractivity contribution < 1.29 is 5.11 Å². The first-order chi connectivity index (χ1) is 7.61. The van der Waals surface area contributed by atoms with E-state index in [1.165, 1.54) is 43.2 Å². The lowest BCUT2D eigenvalue weighted by atomic mass is 9.76. The Morgan fingerprint density at radius 1 is 1.19 bits per heavy atom. The fourth-order valence-corrected chi connectivity index (χ4v) is 3.93. The molecule has 2 saturated carbocycles. The number of hydrogen-bond donors (Lipinski definition) is 1. The molecule has 2 fully saturated rings. The second kappa shape index (κ2) is 3.26. The molecule has 1 heteroatoms. The van der Waals surface area contributed by atoms with Gasteiger partial charge >= 0.3 is 0 Å². The van der Waals surface area contributed by atoms with Gasteiger partial charge in [0.25, 0.3) is 0 Å². The molecule has 16 heavy (non-hydrogen) atoms. The molecule has 0 spiro atoms. The Balaban J connectivity index is 2.12. The lowest BCUT2D eigenvalue weighted by Gasteiger charge is -2.29. The monoisotopic (exact) mass is 216 g/mol. The van der Waals surface area contributed by atoms with Gasteiger partial charge in [0.15, 0.2) is 0 Å². The molecule has 0 amide bonds. The molecule has 3 rings (SSSR count). The van der Waals surface area contributed by atoms with Crippen molar-refractivity contribution in [2.45, 2.75) is 51.4 Å². The lowest BCUT2D eigenvalue weighted by Crippen LogP contribution is -2.20. The van der Waals surface area contributed by atoms with Gasteiger partial charge in [-0.05, 0) is 62.8 Å². The normalized spacial score (nSPS) is 32.2. The summed E-state index contributed by atoms with van der Waals surface area (Å²) >= 11 is 0. The predicted molar refractivity (Wildman–Crippen MR) is 65.8 cm³/mol. The first-order valence-corrected chi connectivity index (χ1v) is 6.41. The average molecular weight is 216 g/mol. The number of fused-ring (bicyclic) bond motifs is 2. The van der Waals surface area contributed by atoms with E-state index >= 15 is 0 Å². The number of phenols is 1. The number of aromatic hydroxyl groups is 1. The maximum atomic E-state index is 10.3. The van der Waals surface area contributed by atoms with E-state index in [4.69, 9.17) is 0 Å². The van der Waals surface area contributed by atoms with Crippen molar-refractivity contribution in [1.29, 1.82) is 0 Å². The fraction of sp³-hybridized carbons (Fsp3) is 0.600. The number of rotatable bonds is 1. The minimum Gasteiger partial charge on any atom is -0.507 e. The van der Waals surface area contributed by atoms with Gasteiger partial charge in [0.2, 0.25) is 0 Å². The summed E-state index contributed by atoms with van der Waals surface area (Å²) in [6, 6.07) is 4.30. The molecule has 2 bridgehead atoms. The largest absolute Gasteiger partial charge is 0.507 e. The van der Waals surface area contributed by atoms with Gasteiger partial charge in [0.05, 0.1) is 0 Å². The molecule has 0 unspecified atom stereocenters. The highest BCUT2D eigenvalue weighted by molar-refractivity contribution is 5.48. The zero-order chi connectivity index (χ0) is 11.3. The van der Waals surface area contributed by atoms with Crippen LogP contribution in [0.4, 0.5) is 0 Å². The van der Waals surface area contributed by atoms with Crippen LogP contribution in [0.3, 0.4) is 0 Å². The predicted octanol–water partition coefficient (Wildman–Crippen LogP) is 3.84. The Morgan fingerprint density at radius 2 is 1.88 bits per heavy atom. The molecule has 1 aromatic rings. The molecule has 0 aromatic heterocycles. The molecule has 0 aliphatic heterocycles. The Kier molecular flexibility index (Phi) is 2.07. The minimum atomic E-state index is 0.325. The van der Waals surface area contributed by atoms with E-state index in [1.54, 1.807) is 0 Å². The first-order valence-electron chi connectivity index (χ1n) is 6.41. The number of aryl methyl sites for hydroxylation is 2. The quantitative estimate of drug-likeness (QED) is 0.756. The maximum Gasteiger partial charge on any atom is 0.122 e. The molecule has 0 atom stereocenters. The van der Waals surface area contributed by atoms with Crippen LogP contribution < -0.4 is 0 Å². The molecule has 1 aromatic carbocycles. The molecule has 1 nitrogen and oxygen atoms in total. The number of hydrogen-bond acceptors (Lipinski definition) is 1. The summed E-state index contributed by atoms with van der Waals surface area (Å²) in [5, 5.41) is 10.3. The lowest BCUT2D eigenvalue weighted by molar-refractivity contribution is 0.388. The zero-order valence-corrected chi connectivity index (χ0v) is 10.2. The zero-order valence-electron chi connectivity index (χ0n) is 10.2. The van der Waals surface area contributed by atoms with Crippen molar-refractivity contribution in [2.24, 2.45) is 5.92 Å². The summed E-state index contributed by atoms with van der Waals surface area (Å²) in [7, 11) is 0. The van der Waals surface area contributed by atoms with Crippen LogP contribution in [0.5, 0.6) is 5.75 Å². The molecule has 0 radical (unpaired) electrons. The van der Waals surface area contributed by atoms with Crippen LogP contribution in [0.25, 0.3) is 0 Å². The van der Waals surface area contributed by atoms with Gasteiger partial charge in [-0.3, -0.25) is 0 Å². The van der Waals surface area contributed by atoms with Crippen LogP contribution in [0.1, 0.15) is 48.8 Å². The van der Waals surface area contributed by atoms with E-state index in [-0.39, 0.29) is 0 Å². The van der Waals surface area contributed by atoms with Crippen LogP contribution in [-0.4, -0.2) is 5.11 Å². The number of benzene rings is 1. The van der Waals surface area contributed by atoms with Crippen molar-refractivity contribution in [3.8, 4) is 5.75 Å². The van der Waals surface area contributed by atoms with Gasteiger partial charge in [0.1, 0.15) is 5.75 Å². The van der Waals surface area contributed by atoms with E-state index in [2.05, 4.69) is 19.1 Å². The number of phenolic OH excluding ortho intramolecular Hbond substituents is 1. The Bertz CT molecular complexity index is 425. The Hall–Kier alpha value is -0.980. The summed E-state index contributed by atoms with van der Waals surface area (Å²) in [6.45, 7) is 4.15. The van der Waals surface area contributed by atoms with Gasteiger partial charge in [-0.2, -0.15) is 0 Å². The highest BCUT2D eigenvalue weighted by Gasteiger charge is 2.47. The van der Waals surface area contributed by atoms with E-state index in [0.717, 1.165) is 11.5 Å². The third kappa shape index (κ3) is 1.30. The highest BCUT2D eigenvalue weighted by Crippen LogP contribution is 2.57. The molecular formula is C15H20O. The van der Waals surface area contributed by atoms with Crippen LogP contribution in [0.2, 0.25) is 0 Å². The van der Waals surface area contributed by atoms with Crippen LogP contribution >= 0.6 is 0 Å². The average Bonchev–Trinajstić information content (AvgIpc) is 2.84. The van der Waals surface area contributed by atoms with Gasteiger partial charge in [-0.1, -0.05) is 17.7 Å². The van der Waals surface area contributed by atoms with Crippen LogP contribution in [-0.2, 0) is 5.41 Å². The maximum absolute atomic E-state index is 10.3. The van der Waals surface area contributed by atoms with E-state index < -0.39 is 0 Å². The smallest absolute Gasteiger partial charge is 0.122 e.